The molecule has 0 amide bonds. The van der Waals surface area contributed by atoms with Gasteiger partial charge in [-0.25, -0.2) is 4.79 Å². The molecule has 2 heterocycles. The summed E-state index contributed by atoms with van der Waals surface area (Å²) < 4.78 is 6.76. The molecule has 7 heteroatoms. The Morgan fingerprint density at radius 2 is 2.00 bits per heavy atom. The predicted molar refractivity (Wildman–Crippen MR) is 96.4 cm³/mol. The summed E-state index contributed by atoms with van der Waals surface area (Å²) in [4.78, 5) is 15.9. The zero-order valence-corrected chi connectivity index (χ0v) is 14.6. The average molecular weight is 355 g/mol. The van der Waals surface area contributed by atoms with Crippen molar-refractivity contribution >= 4 is 5.82 Å². The zero-order valence-electron chi connectivity index (χ0n) is 14.6. The van der Waals surface area contributed by atoms with Crippen LogP contribution in [-0.4, -0.2) is 38.6 Å². The number of benzene rings is 1. The molecular formula is C19H21N3O4. The molecule has 4 N–H and O–H groups in total. The summed E-state index contributed by atoms with van der Waals surface area (Å²) in [7, 11) is 0. The molecule has 3 atom stereocenters. The van der Waals surface area contributed by atoms with Crippen LogP contribution < -0.4 is 11.4 Å². The lowest BCUT2D eigenvalue weighted by atomic mass is 10.1. The van der Waals surface area contributed by atoms with Gasteiger partial charge in [0, 0.05) is 18.2 Å². The van der Waals surface area contributed by atoms with E-state index in [1.165, 1.54) is 10.8 Å². The summed E-state index contributed by atoms with van der Waals surface area (Å²) in [6, 6.07) is 5.98. The first-order valence-electron chi connectivity index (χ1n) is 8.30. The highest BCUT2D eigenvalue weighted by Crippen LogP contribution is 2.27. The van der Waals surface area contributed by atoms with Crippen molar-refractivity contribution in [3.8, 4) is 11.8 Å². The first-order valence-corrected chi connectivity index (χ1v) is 8.30. The highest BCUT2D eigenvalue weighted by molar-refractivity contribution is 5.52. The van der Waals surface area contributed by atoms with Crippen molar-refractivity contribution in [3.63, 3.8) is 0 Å². The van der Waals surface area contributed by atoms with Gasteiger partial charge >= 0.3 is 5.69 Å². The molecule has 136 valence electrons. The fraction of sp³-hybridized carbons (Fsp3) is 0.368. The maximum absolute atomic E-state index is 12.1. The topological polar surface area (TPSA) is 111 Å². The Labute approximate surface area is 151 Å². The van der Waals surface area contributed by atoms with Gasteiger partial charge in [0.1, 0.15) is 18.1 Å². The zero-order chi connectivity index (χ0) is 18.8. The predicted octanol–water partition coefficient (Wildman–Crippen LogP) is 0.483. The van der Waals surface area contributed by atoms with Crippen LogP contribution in [0.3, 0.4) is 0 Å². The fourth-order valence-corrected chi connectivity index (χ4v) is 3.02. The van der Waals surface area contributed by atoms with E-state index in [1.807, 2.05) is 26.0 Å². The summed E-state index contributed by atoms with van der Waals surface area (Å²) in [5.74, 6) is 6.02. The van der Waals surface area contributed by atoms with Crippen LogP contribution in [0.2, 0.25) is 0 Å². The minimum atomic E-state index is -0.848. The lowest BCUT2D eigenvalue weighted by Crippen LogP contribution is -2.28. The second kappa shape index (κ2) is 7.30. The van der Waals surface area contributed by atoms with Gasteiger partial charge in [-0.05, 0) is 37.1 Å². The van der Waals surface area contributed by atoms with Crippen molar-refractivity contribution in [2.75, 3.05) is 12.3 Å². The van der Waals surface area contributed by atoms with Gasteiger partial charge in [-0.3, -0.25) is 4.57 Å². The SMILES string of the molecule is Cc1cc(C)cc(C#Cc2cn(C3CC(O)C(CO)O3)c(=O)nc2N)c1. The third-order valence-corrected chi connectivity index (χ3v) is 4.24. The Morgan fingerprint density at radius 1 is 1.31 bits per heavy atom. The van der Waals surface area contributed by atoms with Gasteiger partial charge in [-0.15, -0.1) is 0 Å². The highest BCUT2D eigenvalue weighted by atomic mass is 16.5. The first kappa shape index (κ1) is 18.1. The molecule has 1 fully saturated rings. The van der Waals surface area contributed by atoms with E-state index in [9.17, 15) is 15.0 Å². The second-order valence-corrected chi connectivity index (χ2v) is 6.47. The normalized spacial score (nSPS) is 22.1. The summed E-state index contributed by atoms with van der Waals surface area (Å²) in [5.41, 5.74) is 8.70. The number of rotatable bonds is 2. The Morgan fingerprint density at radius 3 is 2.62 bits per heavy atom. The van der Waals surface area contributed by atoms with Gasteiger partial charge in [0.25, 0.3) is 0 Å². The smallest absolute Gasteiger partial charge is 0.351 e. The van der Waals surface area contributed by atoms with Crippen LogP contribution in [0.15, 0.2) is 29.2 Å². The van der Waals surface area contributed by atoms with Crippen molar-refractivity contribution in [3.05, 3.63) is 57.1 Å². The quantitative estimate of drug-likeness (QED) is 0.676. The average Bonchev–Trinajstić information content (AvgIpc) is 2.94. The van der Waals surface area contributed by atoms with E-state index in [4.69, 9.17) is 10.5 Å². The number of anilines is 1. The number of aliphatic hydroxyl groups excluding tert-OH is 2. The Hall–Kier alpha value is -2.66. The number of nitrogen functional groups attached to an aromatic ring is 1. The van der Waals surface area contributed by atoms with E-state index in [-0.39, 0.29) is 18.8 Å². The monoisotopic (exact) mass is 355 g/mol. The van der Waals surface area contributed by atoms with Gasteiger partial charge < -0.3 is 20.7 Å². The number of aromatic nitrogens is 2. The molecule has 1 saturated heterocycles. The molecule has 7 nitrogen and oxygen atoms in total. The van der Waals surface area contributed by atoms with Gasteiger partial charge in [-0.2, -0.15) is 4.98 Å². The molecule has 1 aliphatic heterocycles. The minimum absolute atomic E-state index is 0.0420. The summed E-state index contributed by atoms with van der Waals surface area (Å²) in [5, 5.41) is 19.1. The van der Waals surface area contributed by atoms with Crippen LogP contribution in [0.25, 0.3) is 0 Å². The van der Waals surface area contributed by atoms with E-state index in [2.05, 4.69) is 22.9 Å². The number of ether oxygens (including phenoxy) is 1. The maximum Gasteiger partial charge on any atom is 0.351 e. The van der Waals surface area contributed by atoms with Gasteiger partial charge in [0.2, 0.25) is 0 Å². The van der Waals surface area contributed by atoms with E-state index in [1.54, 1.807) is 0 Å². The van der Waals surface area contributed by atoms with Crippen molar-refractivity contribution in [2.24, 2.45) is 0 Å². The van der Waals surface area contributed by atoms with Crippen LogP contribution >= 0.6 is 0 Å². The molecule has 1 aliphatic rings. The van der Waals surface area contributed by atoms with Gasteiger partial charge in [-0.1, -0.05) is 17.9 Å². The van der Waals surface area contributed by atoms with E-state index < -0.39 is 24.1 Å². The number of aliphatic hydroxyl groups is 2. The molecular weight excluding hydrogens is 334 g/mol. The summed E-state index contributed by atoms with van der Waals surface area (Å²) >= 11 is 0. The number of hydrogen-bond acceptors (Lipinski definition) is 6. The summed E-state index contributed by atoms with van der Waals surface area (Å²) in [6.45, 7) is 3.66. The molecule has 0 bridgehead atoms. The molecule has 1 aromatic carbocycles. The van der Waals surface area contributed by atoms with E-state index >= 15 is 0 Å². The number of nitrogens with two attached hydrogens (primary N) is 1. The number of hydrogen-bond donors (Lipinski definition) is 3. The molecule has 0 radical (unpaired) electrons. The molecule has 1 aromatic heterocycles. The second-order valence-electron chi connectivity index (χ2n) is 6.47. The number of aryl methyl sites for hydroxylation is 2. The van der Waals surface area contributed by atoms with Crippen molar-refractivity contribution in [1.29, 1.82) is 0 Å². The Kier molecular flexibility index (Phi) is 5.09. The number of nitrogens with zero attached hydrogens (tertiary/aromatic N) is 2. The van der Waals surface area contributed by atoms with Crippen LogP contribution in [0.1, 0.15) is 34.9 Å². The minimum Gasteiger partial charge on any atom is -0.394 e. The Bertz CT molecular complexity index is 922. The van der Waals surface area contributed by atoms with Crippen LogP contribution in [-0.2, 0) is 4.74 Å². The van der Waals surface area contributed by atoms with Crippen LogP contribution in [0, 0.1) is 25.7 Å². The molecule has 3 unspecified atom stereocenters. The van der Waals surface area contributed by atoms with Crippen molar-refractivity contribution in [1.82, 2.24) is 9.55 Å². The standard InChI is InChI=1S/C19H21N3O4/c1-11-5-12(2)7-13(6-11)3-4-14-9-22(19(25)21-18(14)20)17-8-15(24)16(10-23)26-17/h5-7,9,15-17,23-24H,8,10H2,1-2H3,(H2,20,21,25). The van der Waals surface area contributed by atoms with E-state index in [0.717, 1.165) is 16.7 Å². The fourth-order valence-electron chi connectivity index (χ4n) is 3.02. The van der Waals surface area contributed by atoms with Crippen molar-refractivity contribution < 1.29 is 14.9 Å². The van der Waals surface area contributed by atoms with Crippen LogP contribution in [0.5, 0.6) is 0 Å². The van der Waals surface area contributed by atoms with Gasteiger partial charge in [0.05, 0.1) is 18.3 Å². The molecule has 2 aromatic rings. The molecule has 0 saturated carbocycles. The third-order valence-electron chi connectivity index (χ3n) is 4.24. The third kappa shape index (κ3) is 3.78. The summed E-state index contributed by atoms with van der Waals surface area (Å²) in [6.07, 6.45) is -0.629. The first-order chi connectivity index (χ1) is 12.4. The van der Waals surface area contributed by atoms with Gasteiger partial charge in [0.15, 0.2) is 0 Å². The molecule has 26 heavy (non-hydrogen) atoms. The highest BCUT2D eigenvalue weighted by Gasteiger charge is 2.35. The largest absolute Gasteiger partial charge is 0.394 e. The van der Waals surface area contributed by atoms with Crippen molar-refractivity contribution in [2.45, 2.75) is 38.7 Å². The van der Waals surface area contributed by atoms with Crippen LogP contribution in [0.4, 0.5) is 5.82 Å². The lowest BCUT2D eigenvalue weighted by Gasteiger charge is -2.15. The molecule has 0 spiro atoms. The molecule has 3 rings (SSSR count). The Balaban J connectivity index is 1.95. The lowest BCUT2D eigenvalue weighted by molar-refractivity contribution is -0.0458. The van der Waals surface area contributed by atoms with E-state index in [0.29, 0.717) is 5.56 Å². The molecule has 0 aliphatic carbocycles. The maximum atomic E-state index is 12.1.